The molecule has 0 atom stereocenters. The predicted molar refractivity (Wildman–Crippen MR) is 179 cm³/mol. The molecule has 0 spiro atoms. The number of hydrogen-bond donors (Lipinski definition) is 0. The van der Waals surface area contributed by atoms with Gasteiger partial charge >= 0.3 is 0 Å². The van der Waals surface area contributed by atoms with Crippen molar-refractivity contribution in [1.29, 1.82) is 0 Å². The molecule has 1 amide bonds. The van der Waals surface area contributed by atoms with Gasteiger partial charge in [-0.2, -0.15) is 0 Å². The Kier molecular flexibility index (Phi) is 12.3. The molecule has 0 bridgehead atoms. The molecule has 0 unspecified atom stereocenters. The Labute approximate surface area is 259 Å². The van der Waals surface area contributed by atoms with Gasteiger partial charge in [0.05, 0.1) is 16.7 Å². The van der Waals surface area contributed by atoms with Crippen molar-refractivity contribution in [2.75, 3.05) is 11.4 Å². The fourth-order valence-corrected chi connectivity index (χ4v) is 5.44. The monoisotopic (exact) mass is 596 g/mol. The van der Waals surface area contributed by atoms with Crippen molar-refractivity contribution in [2.45, 2.75) is 71.8 Å². The van der Waals surface area contributed by atoms with Gasteiger partial charge in [0.15, 0.2) is 5.15 Å². The minimum Gasteiger partial charge on any atom is -0.306 e. The maximum Gasteiger partial charge on any atom is 0.259 e. The SMILES string of the molecule is CCCCCCN(C(=O)c1ccccc1)c1cccnc1Cl.CCCCCCn1c(=O)c2ccccc2c2ncccc21. The highest BCUT2D eigenvalue weighted by Gasteiger charge is 2.20. The van der Waals surface area contributed by atoms with E-state index in [0.717, 1.165) is 54.0 Å². The second-order valence-electron chi connectivity index (χ2n) is 10.6. The number of benzene rings is 2. The number of anilines is 1. The molecule has 0 saturated carbocycles. The molecule has 7 heteroatoms. The molecule has 0 radical (unpaired) electrons. The van der Waals surface area contributed by atoms with Crippen LogP contribution in [0.15, 0.2) is 96.1 Å². The summed E-state index contributed by atoms with van der Waals surface area (Å²) < 4.78 is 1.89. The number of unbranched alkanes of at least 4 members (excludes halogenated alkanes) is 6. The Morgan fingerprint density at radius 2 is 1.40 bits per heavy atom. The number of fused-ring (bicyclic) bond motifs is 3. The third-order valence-electron chi connectivity index (χ3n) is 7.50. The maximum absolute atomic E-state index is 12.8. The van der Waals surface area contributed by atoms with Gasteiger partial charge in [-0.05, 0) is 55.3 Å². The zero-order chi connectivity index (χ0) is 30.4. The lowest BCUT2D eigenvalue weighted by Crippen LogP contribution is -2.32. The number of nitrogens with zero attached hydrogens (tertiary/aromatic N) is 4. The van der Waals surface area contributed by atoms with Crippen LogP contribution in [0.2, 0.25) is 5.15 Å². The van der Waals surface area contributed by atoms with Crippen molar-refractivity contribution in [2.24, 2.45) is 0 Å². The van der Waals surface area contributed by atoms with Crippen molar-refractivity contribution in [3.63, 3.8) is 0 Å². The van der Waals surface area contributed by atoms with E-state index in [9.17, 15) is 9.59 Å². The summed E-state index contributed by atoms with van der Waals surface area (Å²) in [5.41, 5.74) is 3.30. The van der Waals surface area contributed by atoms with E-state index in [1.165, 1.54) is 25.7 Å². The fourth-order valence-electron chi connectivity index (χ4n) is 5.22. The summed E-state index contributed by atoms with van der Waals surface area (Å²) >= 11 is 6.19. The Bertz CT molecular complexity index is 1670. The van der Waals surface area contributed by atoms with Gasteiger partial charge in [0, 0.05) is 41.8 Å². The van der Waals surface area contributed by atoms with E-state index in [-0.39, 0.29) is 11.5 Å². The molecule has 0 aliphatic heterocycles. The van der Waals surface area contributed by atoms with Crippen molar-refractivity contribution in [3.8, 4) is 0 Å². The first-order chi connectivity index (χ1) is 21.1. The van der Waals surface area contributed by atoms with E-state index < -0.39 is 0 Å². The van der Waals surface area contributed by atoms with Crippen LogP contribution in [0.3, 0.4) is 0 Å². The fraction of sp³-hybridized carbons (Fsp3) is 0.333. The normalized spacial score (nSPS) is 10.9. The van der Waals surface area contributed by atoms with Crippen molar-refractivity contribution < 1.29 is 4.79 Å². The predicted octanol–water partition coefficient (Wildman–Crippen LogP) is 9.09. The maximum atomic E-state index is 12.8. The zero-order valence-electron chi connectivity index (χ0n) is 25.2. The highest BCUT2D eigenvalue weighted by Crippen LogP contribution is 2.25. The van der Waals surface area contributed by atoms with Crippen LogP contribution in [0.1, 0.15) is 75.6 Å². The molecule has 0 saturated heterocycles. The number of carbonyl (C=O) groups is 1. The molecular weight excluding hydrogens is 556 g/mol. The van der Waals surface area contributed by atoms with E-state index in [1.54, 1.807) is 23.4 Å². The van der Waals surface area contributed by atoms with Gasteiger partial charge in [-0.1, -0.05) is 100 Å². The molecule has 6 nitrogen and oxygen atoms in total. The lowest BCUT2D eigenvalue weighted by Gasteiger charge is -2.23. The van der Waals surface area contributed by atoms with Gasteiger partial charge in [-0.15, -0.1) is 0 Å². The summed E-state index contributed by atoms with van der Waals surface area (Å²) in [7, 11) is 0. The van der Waals surface area contributed by atoms with Crippen LogP contribution in [0.5, 0.6) is 0 Å². The Balaban J connectivity index is 0.000000197. The Morgan fingerprint density at radius 3 is 2.12 bits per heavy atom. The van der Waals surface area contributed by atoms with Crippen molar-refractivity contribution in [1.82, 2.24) is 14.5 Å². The zero-order valence-corrected chi connectivity index (χ0v) is 26.0. The Hall–Kier alpha value is -4.03. The standard InChI is InChI=1S/C18H21ClN2O.C18H20N2O/c1-2-3-4-8-14-21(16-12-9-13-20-17(16)19)18(22)15-10-6-5-7-11-15;1-2-3-4-7-13-20-16-11-8-12-19-17(16)14-9-5-6-10-15(14)18(20)21/h5-7,9-13H,2-4,8,14H2,1H3;5-6,8-12H,2-4,7,13H2,1H3. The highest BCUT2D eigenvalue weighted by molar-refractivity contribution is 6.32. The van der Waals surface area contributed by atoms with Crippen LogP contribution in [-0.4, -0.2) is 27.0 Å². The number of hydrogen-bond acceptors (Lipinski definition) is 4. The van der Waals surface area contributed by atoms with Crippen molar-refractivity contribution >= 4 is 45.0 Å². The molecule has 0 aliphatic carbocycles. The lowest BCUT2D eigenvalue weighted by atomic mass is 10.1. The first-order valence-electron chi connectivity index (χ1n) is 15.4. The summed E-state index contributed by atoms with van der Waals surface area (Å²) in [6, 6.07) is 24.6. The Morgan fingerprint density at radius 1 is 0.744 bits per heavy atom. The van der Waals surface area contributed by atoms with Crippen LogP contribution in [-0.2, 0) is 6.54 Å². The topological polar surface area (TPSA) is 68.1 Å². The number of carbonyl (C=O) groups excluding carboxylic acids is 1. The minimum atomic E-state index is -0.0352. The average Bonchev–Trinajstić information content (AvgIpc) is 3.05. The largest absolute Gasteiger partial charge is 0.306 e. The molecule has 224 valence electrons. The molecule has 0 aliphatic rings. The lowest BCUT2D eigenvalue weighted by molar-refractivity contribution is 0.0986. The van der Waals surface area contributed by atoms with Gasteiger partial charge in [0.2, 0.25) is 0 Å². The first-order valence-corrected chi connectivity index (χ1v) is 15.8. The molecule has 5 rings (SSSR count). The van der Waals surface area contributed by atoms with E-state index >= 15 is 0 Å². The van der Waals surface area contributed by atoms with Gasteiger partial charge in [0.1, 0.15) is 0 Å². The van der Waals surface area contributed by atoms with Crippen LogP contribution < -0.4 is 10.5 Å². The van der Waals surface area contributed by atoms with Crippen molar-refractivity contribution in [3.05, 3.63) is 112 Å². The summed E-state index contributed by atoms with van der Waals surface area (Å²) in [6.07, 6.45) is 12.5. The quantitative estimate of drug-likeness (QED) is 0.0818. The first kappa shape index (κ1) is 31.9. The third kappa shape index (κ3) is 8.29. The number of aromatic nitrogens is 3. The number of amides is 1. The van der Waals surface area contributed by atoms with E-state index in [4.69, 9.17) is 11.6 Å². The van der Waals surface area contributed by atoms with E-state index in [0.29, 0.717) is 22.9 Å². The summed E-state index contributed by atoms with van der Waals surface area (Å²) in [5.74, 6) is -0.0352. The van der Waals surface area contributed by atoms with Gasteiger partial charge < -0.3 is 9.47 Å². The van der Waals surface area contributed by atoms with Crippen LogP contribution in [0.25, 0.3) is 21.8 Å². The number of rotatable bonds is 12. The molecule has 43 heavy (non-hydrogen) atoms. The third-order valence-corrected chi connectivity index (χ3v) is 7.79. The summed E-state index contributed by atoms with van der Waals surface area (Å²) in [4.78, 5) is 35.9. The summed E-state index contributed by atoms with van der Waals surface area (Å²) in [6.45, 7) is 5.79. The molecule has 3 heterocycles. The molecular formula is C36H41ClN4O2. The molecule has 0 fully saturated rings. The average molecular weight is 597 g/mol. The molecule has 5 aromatic rings. The number of aryl methyl sites for hydroxylation is 1. The second kappa shape index (κ2) is 16.6. The van der Waals surface area contributed by atoms with Crippen LogP contribution in [0.4, 0.5) is 5.69 Å². The molecule has 2 aromatic carbocycles. The van der Waals surface area contributed by atoms with Gasteiger partial charge in [-0.25, -0.2) is 4.98 Å². The van der Waals surface area contributed by atoms with E-state index in [1.807, 2.05) is 77.4 Å². The molecule has 0 N–H and O–H groups in total. The van der Waals surface area contributed by atoms with Gasteiger partial charge in [0.25, 0.3) is 11.5 Å². The number of pyridine rings is 3. The minimum absolute atomic E-state index is 0.0352. The molecule has 3 aromatic heterocycles. The highest BCUT2D eigenvalue weighted by atomic mass is 35.5. The van der Waals surface area contributed by atoms with Crippen LogP contribution in [0, 0.1) is 0 Å². The number of halogens is 1. The smallest absolute Gasteiger partial charge is 0.259 e. The van der Waals surface area contributed by atoms with Gasteiger partial charge in [-0.3, -0.25) is 14.6 Å². The van der Waals surface area contributed by atoms with Crippen LogP contribution >= 0.6 is 11.6 Å². The van der Waals surface area contributed by atoms with E-state index in [2.05, 4.69) is 23.8 Å². The summed E-state index contributed by atoms with van der Waals surface area (Å²) in [5, 5.41) is 2.07. The second-order valence-corrected chi connectivity index (χ2v) is 11.0.